The second-order valence-corrected chi connectivity index (χ2v) is 5.59. The molecule has 0 radical (unpaired) electrons. The molecule has 0 atom stereocenters. The van der Waals surface area contributed by atoms with Gasteiger partial charge in [0, 0.05) is 17.8 Å². The average Bonchev–Trinajstić information content (AvgIpc) is 3.32. The molecule has 26 heavy (non-hydrogen) atoms. The molecule has 4 rings (SSSR count). The van der Waals surface area contributed by atoms with Crippen LogP contribution in [0, 0.1) is 0 Å². The maximum atomic E-state index is 12.2. The van der Waals surface area contributed by atoms with Crippen LogP contribution in [0.15, 0.2) is 59.3 Å². The maximum absolute atomic E-state index is 12.2. The van der Waals surface area contributed by atoms with Gasteiger partial charge in [0.15, 0.2) is 12.4 Å². The van der Waals surface area contributed by atoms with E-state index in [-0.39, 0.29) is 12.4 Å². The van der Waals surface area contributed by atoms with Crippen molar-refractivity contribution in [3.8, 4) is 0 Å². The molecule has 8 nitrogen and oxygen atoms in total. The molecule has 2 N–H and O–H groups in total. The Morgan fingerprint density at radius 1 is 1.15 bits per heavy atom. The van der Waals surface area contributed by atoms with Crippen molar-refractivity contribution in [2.75, 3.05) is 5.73 Å². The van der Waals surface area contributed by atoms with Crippen molar-refractivity contribution in [1.29, 1.82) is 0 Å². The number of ether oxygens (including phenoxy) is 1. The number of hydrogen-bond donors (Lipinski definition) is 1. The monoisotopic (exact) mass is 349 g/mol. The highest BCUT2D eigenvalue weighted by molar-refractivity contribution is 5.88. The fourth-order valence-corrected chi connectivity index (χ4v) is 2.54. The van der Waals surface area contributed by atoms with Crippen LogP contribution in [-0.4, -0.2) is 25.7 Å². The van der Waals surface area contributed by atoms with Gasteiger partial charge in [-0.25, -0.2) is 14.8 Å². The molecule has 0 bridgehead atoms. The van der Waals surface area contributed by atoms with Crippen molar-refractivity contribution in [3.63, 3.8) is 0 Å². The lowest BCUT2D eigenvalue weighted by molar-refractivity contribution is 0.0424. The molecule has 0 saturated carbocycles. The van der Waals surface area contributed by atoms with Gasteiger partial charge in [0.05, 0.1) is 12.1 Å². The SMILES string of the molecule is Nc1nc(COC(=O)c2ccc(Cn3cccn3)o2)nc2ccccc12. The van der Waals surface area contributed by atoms with Gasteiger partial charge in [0.2, 0.25) is 5.76 Å². The summed E-state index contributed by atoms with van der Waals surface area (Å²) in [5.74, 6) is 0.804. The number of carbonyl (C=O) groups is 1. The molecule has 3 aromatic heterocycles. The molecule has 0 aliphatic heterocycles. The molecule has 0 aliphatic rings. The Kier molecular flexibility index (Phi) is 4.06. The Labute approximate surface area is 148 Å². The number of nitrogen functional groups attached to an aromatic ring is 1. The van der Waals surface area contributed by atoms with Crippen molar-refractivity contribution in [1.82, 2.24) is 19.7 Å². The summed E-state index contributed by atoms with van der Waals surface area (Å²) in [5, 5.41) is 4.85. The normalized spacial score (nSPS) is 10.9. The molecule has 0 unspecified atom stereocenters. The first-order chi connectivity index (χ1) is 12.7. The smallest absolute Gasteiger partial charge is 0.374 e. The molecule has 8 heteroatoms. The topological polar surface area (TPSA) is 109 Å². The Morgan fingerprint density at radius 3 is 2.88 bits per heavy atom. The molecule has 0 fully saturated rings. The number of carbonyl (C=O) groups excluding carboxylic acids is 1. The van der Waals surface area contributed by atoms with Gasteiger partial charge in [-0.05, 0) is 30.3 Å². The van der Waals surface area contributed by atoms with Gasteiger partial charge in [-0.1, -0.05) is 12.1 Å². The number of furan rings is 1. The lowest BCUT2D eigenvalue weighted by atomic mass is 10.2. The summed E-state index contributed by atoms with van der Waals surface area (Å²) in [4.78, 5) is 20.7. The molecule has 0 amide bonds. The quantitative estimate of drug-likeness (QED) is 0.551. The van der Waals surface area contributed by atoms with E-state index in [0.717, 1.165) is 5.39 Å². The summed E-state index contributed by atoms with van der Waals surface area (Å²) >= 11 is 0. The zero-order chi connectivity index (χ0) is 17.9. The van der Waals surface area contributed by atoms with Crippen LogP contribution in [0.3, 0.4) is 0 Å². The van der Waals surface area contributed by atoms with Gasteiger partial charge < -0.3 is 14.9 Å². The van der Waals surface area contributed by atoms with Gasteiger partial charge in [0.25, 0.3) is 0 Å². The molecule has 0 aliphatic carbocycles. The van der Waals surface area contributed by atoms with Crippen molar-refractivity contribution in [2.45, 2.75) is 13.2 Å². The predicted molar refractivity (Wildman–Crippen MR) is 93.1 cm³/mol. The van der Waals surface area contributed by atoms with E-state index in [1.165, 1.54) is 0 Å². The van der Waals surface area contributed by atoms with Gasteiger partial charge in [-0.2, -0.15) is 5.10 Å². The fourth-order valence-electron chi connectivity index (χ4n) is 2.54. The number of nitrogens with zero attached hydrogens (tertiary/aromatic N) is 4. The third kappa shape index (κ3) is 3.25. The molecular weight excluding hydrogens is 334 g/mol. The zero-order valence-corrected chi connectivity index (χ0v) is 13.7. The number of hydrogen-bond acceptors (Lipinski definition) is 7. The van der Waals surface area contributed by atoms with Crippen molar-refractivity contribution >= 4 is 22.7 Å². The van der Waals surface area contributed by atoms with Gasteiger partial charge in [0.1, 0.15) is 11.6 Å². The number of para-hydroxylation sites is 1. The first-order valence-corrected chi connectivity index (χ1v) is 7.93. The Hall–Kier alpha value is -3.68. The first kappa shape index (κ1) is 15.8. The van der Waals surface area contributed by atoms with Crippen molar-refractivity contribution in [3.05, 3.63) is 72.2 Å². The molecule has 0 saturated heterocycles. The van der Waals surface area contributed by atoms with E-state index >= 15 is 0 Å². The Morgan fingerprint density at radius 2 is 2.04 bits per heavy atom. The van der Waals surface area contributed by atoms with Crippen molar-refractivity contribution < 1.29 is 13.9 Å². The van der Waals surface area contributed by atoms with Crippen LogP contribution in [0.2, 0.25) is 0 Å². The van der Waals surface area contributed by atoms with Crippen molar-refractivity contribution in [2.24, 2.45) is 0 Å². The van der Waals surface area contributed by atoms with Gasteiger partial charge in [-0.3, -0.25) is 4.68 Å². The van der Waals surface area contributed by atoms with Crippen LogP contribution in [0.1, 0.15) is 22.1 Å². The lowest BCUT2D eigenvalue weighted by Gasteiger charge is -2.05. The summed E-state index contributed by atoms with van der Waals surface area (Å²) < 4.78 is 12.4. The fraction of sp³-hybridized carbons (Fsp3) is 0.111. The standard InChI is InChI=1S/C18H15N5O3/c19-17-13-4-1-2-5-14(13)21-16(22-17)11-25-18(24)15-7-6-12(26-15)10-23-9-3-8-20-23/h1-9H,10-11H2,(H2,19,21,22). The summed E-state index contributed by atoms with van der Waals surface area (Å²) in [7, 11) is 0. The van der Waals surface area contributed by atoms with Crippen LogP contribution < -0.4 is 5.73 Å². The van der Waals surface area contributed by atoms with E-state index in [0.29, 0.717) is 29.5 Å². The lowest BCUT2D eigenvalue weighted by Crippen LogP contribution is -2.08. The number of fused-ring (bicyclic) bond motifs is 1. The zero-order valence-electron chi connectivity index (χ0n) is 13.7. The average molecular weight is 349 g/mol. The molecule has 4 aromatic rings. The van der Waals surface area contributed by atoms with Crippen LogP contribution in [0.5, 0.6) is 0 Å². The largest absolute Gasteiger partial charge is 0.452 e. The number of rotatable bonds is 5. The van der Waals surface area contributed by atoms with Crippen LogP contribution >= 0.6 is 0 Å². The van der Waals surface area contributed by atoms with E-state index in [1.807, 2.05) is 36.5 Å². The minimum Gasteiger partial charge on any atom is -0.452 e. The Bertz CT molecular complexity index is 1060. The third-order valence-electron chi connectivity index (χ3n) is 3.75. The van der Waals surface area contributed by atoms with E-state index < -0.39 is 5.97 Å². The van der Waals surface area contributed by atoms with Crippen LogP contribution in [0.4, 0.5) is 5.82 Å². The second kappa shape index (κ2) is 6.67. The third-order valence-corrected chi connectivity index (χ3v) is 3.75. The van der Waals surface area contributed by atoms with E-state index in [4.69, 9.17) is 14.9 Å². The Balaban J connectivity index is 1.43. The van der Waals surface area contributed by atoms with E-state index in [2.05, 4.69) is 15.1 Å². The highest BCUT2D eigenvalue weighted by Gasteiger charge is 2.14. The van der Waals surface area contributed by atoms with Crippen LogP contribution in [-0.2, 0) is 17.9 Å². The molecule has 130 valence electrons. The predicted octanol–water partition coefficient (Wildman–Crippen LogP) is 2.41. The summed E-state index contributed by atoms with van der Waals surface area (Å²) in [6.07, 6.45) is 3.48. The maximum Gasteiger partial charge on any atom is 0.374 e. The second-order valence-electron chi connectivity index (χ2n) is 5.59. The number of benzene rings is 1. The summed E-state index contributed by atoms with van der Waals surface area (Å²) in [5.41, 5.74) is 6.62. The van der Waals surface area contributed by atoms with Gasteiger partial charge >= 0.3 is 5.97 Å². The summed E-state index contributed by atoms with van der Waals surface area (Å²) in [6.45, 7) is 0.341. The molecule has 0 spiro atoms. The first-order valence-electron chi connectivity index (χ1n) is 7.93. The highest BCUT2D eigenvalue weighted by Crippen LogP contribution is 2.18. The minimum atomic E-state index is -0.591. The summed E-state index contributed by atoms with van der Waals surface area (Å²) in [6, 6.07) is 12.5. The van der Waals surface area contributed by atoms with Gasteiger partial charge in [-0.15, -0.1) is 0 Å². The number of anilines is 1. The van der Waals surface area contributed by atoms with E-state index in [9.17, 15) is 4.79 Å². The minimum absolute atomic E-state index is 0.0942. The molecule has 1 aromatic carbocycles. The number of nitrogens with two attached hydrogens (primary N) is 1. The number of esters is 1. The molecule has 3 heterocycles. The van der Waals surface area contributed by atoms with E-state index in [1.54, 1.807) is 23.0 Å². The van der Waals surface area contributed by atoms with Crippen LogP contribution in [0.25, 0.3) is 10.9 Å². The highest BCUT2D eigenvalue weighted by atomic mass is 16.5. The molecular formula is C18H15N5O3. The number of aromatic nitrogens is 4.